The van der Waals surface area contributed by atoms with Gasteiger partial charge in [-0.05, 0) is 18.2 Å². The Kier molecular flexibility index (Phi) is 3.26. The van der Waals surface area contributed by atoms with Gasteiger partial charge in [0.1, 0.15) is 12.4 Å². The zero-order chi connectivity index (χ0) is 13.9. The Morgan fingerprint density at radius 1 is 1.25 bits per heavy atom. The molecule has 0 radical (unpaired) electrons. The minimum absolute atomic E-state index is 0.187. The van der Waals surface area contributed by atoms with E-state index in [1.807, 2.05) is 30.3 Å². The van der Waals surface area contributed by atoms with E-state index in [0.29, 0.717) is 11.5 Å². The summed E-state index contributed by atoms with van der Waals surface area (Å²) in [6.45, 7) is 0.276. The molecule has 0 saturated carbocycles. The summed E-state index contributed by atoms with van der Waals surface area (Å²) in [5, 5.41) is 1.01. The van der Waals surface area contributed by atoms with Crippen molar-refractivity contribution in [2.24, 2.45) is 0 Å². The molecule has 0 fully saturated rings. The van der Waals surface area contributed by atoms with Crippen LogP contribution in [0.15, 0.2) is 47.4 Å². The number of hydrogen-bond donors (Lipinski definition) is 1. The van der Waals surface area contributed by atoms with Gasteiger partial charge in [-0.25, -0.2) is 4.98 Å². The third kappa shape index (κ3) is 2.44. The second kappa shape index (κ2) is 5.22. The Labute approximate surface area is 115 Å². The topological polar surface area (TPSA) is 67.9 Å². The Balaban J connectivity index is 2.12. The van der Waals surface area contributed by atoms with E-state index in [1.54, 1.807) is 13.3 Å². The predicted molar refractivity (Wildman–Crippen MR) is 76.3 cm³/mol. The highest BCUT2D eigenvalue weighted by Gasteiger charge is 2.05. The van der Waals surface area contributed by atoms with Crippen LogP contribution in [-0.2, 0) is 11.3 Å². The quantitative estimate of drug-likeness (QED) is 0.789. The van der Waals surface area contributed by atoms with E-state index in [9.17, 15) is 4.79 Å². The van der Waals surface area contributed by atoms with Crippen molar-refractivity contribution in [2.45, 2.75) is 6.61 Å². The van der Waals surface area contributed by atoms with Crippen molar-refractivity contribution < 1.29 is 4.74 Å². The van der Waals surface area contributed by atoms with Gasteiger partial charge in [0, 0.05) is 30.3 Å². The van der Waals surface area contributed by atoms with Crippen LogP contribution in [0.3, 0.4) is 0 Å². The van der Waals surface area contributed by atoms with E-state index in [4.69, 9.17) is 4.74 Å². The second-order valence-corrected chi connectivity index (χ2v) is 4.42. The van der Waals surface area contributed by atoms with Gasteiger partial charge in [0.05, 0.1) is 11.2 Å². The Morgan fingerprint density at radius 3 is 3.00 bits per heavy atom. The van der Waals surface area contributed by atoms with Gasteiger partial charge in [-0.15, -0.1) is 0 Å². The van der Waals surface area contributed by atoms with Crippen molar-refractivity contribution in [3.8, 4) is 11.3 Å². The van der Waals surface area contributed by atoms with Crippen molar-refractivity contribution in [3.63, 3.8) is 0 Å². The molecule has 5 nitrogen and oxygen atoms in total. The van der Waals surface area contributed by atoms with Crippen LogP contribution >= 0.6 is 0 Å². The first-order valence-corrected chi connectivity index (χ1v) is 6.20. The number of aromatic amines is 1. The molecule has 5 heteroatoms. The molecule has 100 valence electrons. The van der Waals surface area contributed by atoms with Crippen LogP contribution in [0, 0.1) is 0 Å². The average molecular weight is 267 g/mol. The zero-order valence-corrected chi connectivity index (χ0v) is 11.0. The molecule has 0 amide bonds. The highest BCUT2D eigenvalue weighted by Crippen LogP contribution is 2.21. The van der Waals surface area contributed by atoms with Gasteiger partial charge >= 0.3 is 0 Å². The van der Waals surface area contributed by atoms with Crippen LogP contribution < -0.4 is 5.56 Å². The molecule has 0 atom stereocenters. The minimum atomic E-state index is -0.187. The molecule has 2 aromatic heterocycles. The molecule has 0 unspecified atom stereocenters. The lowest BCUT2D eigenvalue weighted by molar-refractivity contribution is 0.177. The number of rotatable bonds is 3. The molecule has 0 aliphatic heterocycles. The van der Waals surface area contributed by atoms with Crippen molar-refractivity contribution in [2.75, 3.05) is 7.11 Å². The molecule has 3 aromatic rings. The van der Waals surface area contributed by atoms with Gasteiger partial charge in [0.25, 0.3) is 5.56 Å². The van der Waals surface area contributed by atoms with Gasteiger partial charge < -0.3 is 9.72 Å². The number of benzene rings is 1. The van der Waals surface area contributed by atoms with E-state index >= 15 is 0 Å². The number of H-pyrrole nitrogens is 1. The number of nitrogens with one attached hydrogen (secondary N) is 1. The van der Waals surface area contributed by atoms with Crippen LogP contribution in [0.1, 0.15) is 5.82 Å². The summed E-state index contributed by atoms with van der Waals surface area (Å²) in [7, 11) is 1.56. The number of nitrogens with zero attached hydrogens (tertiary/aromatic N) is 2. The molecule has 0 bridgehead atoms. The maximum absolute atomic E-state index is 11.7. The third-order valence-electron chi connectivity index (χ3n) is 2.97. The number of methoxy groups -OCH3 is 1. The molecule has 0 spiro atoms. The molecule has 2 heterocycles. The summed E-state index contributed by atoms with van der Waals surface area (Å²) in [6, 6.07) is 11.2. The molecule has 1 aromatic carbocycles. The third-order valence-corrected chi connectivity index (χ3v) is 2.97. The van der Waals surface area contributed by atoms with Gasteiger partial charge in [-0.3, -0.25) is 9.78 Å². The lowest BCUT2D eigenvalue weighted by Crippen LogP contribution is -2.11. The molecule has 1 N–H and O–H groups in total. The van der Waals surface area contributed by atoms with E-state index in [0.717, 1.165) is 16.5 Å². The first-order chi connectivity index (χ1) is 9.76. The fourth-order valence-electron chi connectivity index (χ4n) is 2.10. The molecule has 20 heavy (non-hydrogen) atoms. The van der Waals surface area contributed by atoms with Gasteiger partial charge in [0.15, 0.2) is 0 Å². The molecular weight excluding hydrogens is 254 g/mol. The lowest BCUT2D eigenvalue weighted by atomic mass is 10.1. The van der Waals surface area contributed by atoms with E-state index < -0.39 is 0 Å². The molecule has 0 aliphatic rings. The minimum Gasteiger partial charge on any atom is -0.377 e. The first kappa shape index (κ1) is 12.5. The maximum atomic E-state index is 11.7. The van der Waals surface area contributed by atoms with Crippen molar-refractivity contribution in [3.05, 3.63) is 58.8 Å². The summed E-state index contributed by atoms with van der Waals surface area (Å²) in [4.78, 5) is 23.0. The van der Waals surface area contributed by atoms with Crippen LogP contribution in [-0.4, -0.2) is 22.1 Å². The van der Waals surface area contributed by atoms with Gasteiger partial charge in [-0.1, -0.05) is 12.1 Å². The Hall–Kier alpha value is -2.53. The van der Waals surface area contributed by atoms with Crippen LogP contribution in [0.2, 0.25) is 0 Å². The maximum Gasteiger partial charge on any atom is 0.251 e. The number of hydrogen-bond acceptors (Lipinski definition) is 4. The zero-order valence-electron chi connectivity index (χ0n) is 11.0. The van der Waals surface area contributed by atoms with Crippen LogP contribution in [0.5, 0.6) is 0 Å². The number of fused-ring (bicyclic) bond motifs is 1. The molecule has 3 rings (SSSR count). The molecule has 0 saturated heterocycles. The predicted octanol–water partition coefficient (Wildman–Crippen LogP) is 2.13. The van der Waals surface area contributed by atoms with Crippen molar-refractivity contribution in [1.29, 1.82) is 0 Å². The summed E-state index contributed by atoms with van der Waals surface area (Å²) in [6.07, 6.45) is 1.75. The van der Waals surface area contributed by atoms with Gasteiger partial charge in [0.2, 0.25) is 0 Å². The average Bonchev–Trinajstić information content (AvgIpc) is 2.46. The number of ether oxygens (including phenoxy) is 1. The smallest absolute Gasteiger partial charge is 0.251 e. The largest absolute Gasteiger partial charge is 0.377 e. The van der Waals surface area contributed by atoms with Gasteiger partial charge in [-0.2, -0.15) is 0 Å². The van der Waals surface area contributed by atoms with Crippen LogP contribution in [0.4, 0.5) is 0 Å². The summed E-state index contributed by atoms with van der Waals surface area (Å²) in [5.74, 6) is 0.515. The summed E-state index contributed by atoms with van der Waals surface area (Å²) in [5.41, 5.74) is 2.24. The fourth-order valence-corrected chi connectivity index (χ4v) is 2.10. The first-order valence-electron chi connectivity index (χ1n) is 6.20. The standard InChI is InChI=1S/C15H13N3O2/c1-20-9-14-17-13(8-15(19)18-14)11-4-5-12-10(7-11)3-2-6-16-12/h2-8H,9H2,1H3,(H,17,18,19). The SMILES string of the molecule is COCc1nc(-c2ccc3ncccc3c2)cc(=O)[nH]1. The van der Waals surface area contributed by atoms with Crippen LogP contribution in [0.25, 0.3) is 22.2 Å². The van der Waals surface area contributed by atoms with E-state index in [-0.39, 0.29) is 12.2 Å². The highest BCUT2D eigenvalue weighted by molar-refractivity contribution is 5.83. The monoisotopic (exact) mass is 267 g/mol. The Bertz CT molecular complexity index is 811. The van der Waals surface area contributed by atoms with Crippen molar-refractivity contribution in [1.82, 2.24) is 15.0 Å². The Morgan fingerprint density at radius 2 is 2.15 bits per heavy atom. The summed E-state index contributed by atoms with van der Waals surface area (Å²) < 4.78 is 5.00. The number of aromatic nitrogens is 3. The fraction of sp³-hybridized carbons (Fsp3) is 0.133. The normalized spacial score (nSPS) is 10.8. The molecule has 0 aliphatic carbocycles. The second-order valence-electron chi connectivity index (χ2n) is 4.42. The van der Waals surface area contributed by atoms with E-state index in [1.165, 1.54) is 6.07 Å². The number of pyridine rings is 1. The highest BCUT2D eigenvalue weighted by atomic mass is 16.5. The summed E-state index contributed by atoms with van der Waals surface area (Å²) >= 11 is 0. The van der Waals surface area contributed by atoms with E-state index in [2.05, 4.69) is 15.0 Å². The lowest BCUT2D eigenvalue weighted by Gasteiger charge is -2.05. The molecular formula is C15H13N3O2. The van der Waals surface area contributed by atoms with Crippen molar-refractivity contribution >= 4 is 10.9 Å².